The summed E-state index contributed by atoms with van der Waals surface area (Å²) in [5.41, 5.74) is 0.965. The van der Waals surface area contributed by atoms with Crippen LogP contribution in [0.3, 0.4) is 0 Å². The summed E-state index contributed by atoms with van der Waals surface area (Å²) < 4.78 is 36.1. The van der Waals surface area contributed by atoms with Crippen molar-refractivity contribution in [2.45, 2.75) is 43.0 Å². The second kappa shape index (κ2) is 8.91. The second-order valence-corrected chi connectivity index (χ2v) is 10.7. The minimum absolute atomic E-state index is 0.0959. The van der Waals surface area contributed by atoms with Gasteiger partial charge in [0.05, 0.1) is 16.3 Å². The molecule has 4 amide bonds. The molecule has 0 spiro atoms. The van der Waals surface area contributed by atoms with E-state index in [1.165, 1.54) is 30.0 Å². The van der Waals surface area contributed by atoms with Crippen molar-refractivity contribution < 1.29 is 32.6 Å². The van der Waals surface area contributed by atoms with Gasteiger partial charge in [0.15, 0.2) is 11.5 Å². The van der Waals surface area contributed by atoms with Crippen LogP contribution in [0.5, 0.6) is 11.5 Å². The number of alkyl halides is 2. The Hall–Kier alpha value is -3.32. The average Bonchev–Trinajstić information content (AvgIpc) is 3.40. The number of fused-ring (bicyclic) bond motifs is 1. The first-order valence-corrected chi connectivity index (χ1v) is 13.0. The maximum absolute atomic E-state index is 13.5. The van der Waals surface area contributed by atoms with Crippen LogP contribution in [0.1, 0.15) is 19.3 Å². The van der Waals surface area contributed by atoms with Crippen molar-refractivity contribution in [2.75, 3.05) is 24.5 Å². The summed E-state index contributed by atoms with van der Waals surface area (Å²) in [5.74, 6) is -0.886. The van der Waals surface area contributed by atoms with Crippen LogP contribution in [-0.4, -0.2) is 66.1 Å². The monoisotopic (exact) mass is 533 g/mol. The zero-order chi connectivity index (χ0) is 25.9. The van der Waals surface area contributed by atoms with E-state index in [1.54, 1.807) is 15.9 Å². The summed E-state index contributed by atoms with van der Waals surface area (Å²) in [6.45, 7) is 5.18. The summed E-state index contributed by atoms with van der Waals surface area (Å²) in [4.78, 5) is 42.3. The van der Waals surface area contributed by atoms with Gasteiger partial charge >= 0.3 is 12.3 Å². The highest BCUT2D eigenvalue weighted by Gasteiger charge is 2.52. The first-order chi connectivity index (χ1) is 17.7. The highest BCUT2D eigenvalue weighted by Crippen LogP contribution is 2.49. The van der Waals surface area contributed by atoms with Crippen LogP contribution < -0.4 is 30.3 Å². The van der Waals surface area contributed by atoms with E-state index < -0.39 is 12.3 Å². The van der Waals surface area contributed by atoms with Gasteiger partial charge in [-0.25, -0.2) is 4.79 Å². The van der Waals surface area contributed by atoms with Crippen LogP contribution in [0.15, 0.2) is 41.5 Å². The van der Waals surface area contributed by atoms with Gasteiger partial charge in [0.2, 0.25) is 5.91 Å². The number of benzene rings is 1. The van der Waals surface area contributed by atoms with Gasteiger partial charge in [-0.05, 0) is 44.0 Å². The molecule has 3 fully saturated rings. The molecule has 4 atom stereocenters. The lowest BCUT2D eigenvalue weighted by Gasteiger charge is -2.45. The molecule has 37 heavy (non-hydrogen) atoms. The number of rotatable bonds is 4. The number of carbonyl (C=O) groups excluding carboxylic acids is 3. The number of hydrogen-bond acceptors (Lipinski definition) is 7. The molecule has 5 heterocycles. The van der Waals surface area contributed by atoms with Crippen molar-refractivity contribution in [1.82, 2.24) is 20.9 Å². The molecule has 0 aliphatic carbocycles. The molecule has 1 aromatic carbocycles. The fourth-order valence-electron chi connectivity index (χ4n) is 5.69. The second-order valence-electron chi connectivity index (χ2n) is 9.52. The number of halogens is 2. The Balaban J connectivity index is 1.24. The first-order valence-electron chi connectivity index (χ1n) is 12.1. The maximum atomic E-state index is 13.5. The molecule has 10 nitrogen and oxygen atoms in total. The summed E-state index contributed by atoms with van der Waals surface area (Å²) in [7, 11) is 0. The first kappa shape index (κ1) is 24.0. The van der Waals surface area contributed by atoms with E-state index >= 15 is 0 Å². The minimum Gasteiger partial charge on any atom is -0.395 e. The molecular weight excluding hydrogens is 508 g/mol. The lowest BCUT2D eigenvalue weighted by molar-refractivity contribution is -0.286. The highest BCUT2D eigenvalue weighted by molar-refractivity contribution is 8.04. The number of nitrogens with zero attached hydrogens (tertiary/aromatic N) is 2. The molecule has 13 heteroatoms. The SMILES string of the molecule is C=CC(=O)N1CCC[C@@H](NC(=O)C2=C3NC(=O)N(c4ccc5c(c4)OC(F)(F)O5)C4CCNC(S2)C34)C1. The van der Waals surface area contributed by atoms with E-state index in [0.29, 0.717) is 42.3 Å². The van der Waals surface area contributed by atoms with Crippen molar-refractivity contribution >= 4 is 35.3 Å². The van der Waals surface area contributed by atoms with Gasteiger partial charge in [0, 0.05) is 42.5 Å². The van der Waals surface area contributed by atoms with Crippen LogP contribution in [0.4, 0.5) is 19.3 Å². The molecule has 3 N–H and O–H groups in total. The number of carbonyl (C=O) groups is 3. The smallest absolute Gasteiger partial charge is 0.395 e. The number of likely N-dealkylation sites (tertiary alicyclic amines) is 1. The van der Waals surface area contributed by atoms with Crippen molar-refractivity contribution in [3.63, 3.8) is 0 Å². The molecule has 0 aromatic heterocycles. The van der Waals surface area contributed by atoms with Crippen LogP contribution >= 0.6 is 11.8 Å². The number of anilines is 1. The van der Waals surface area contributed by atoms with Gasteiger partial charge in [-0.1, -0.05) is 18.3 Å². The Bertz CT molecular complexity index is 1230. The molecule has 3 saturated heterocycles. The van der Waals surface area contributed by atoms with Crippen molar-refractivity contribution in [2.24, 2.45) is 5.92 Å². The largest absolute Gasteiger partial charge is 0.586 e. The zero-order valence-electron chi connectivity index (χ0n) is 19.7. The maximum Gasteiger partial charge on any atom is 0.586 e. The standard InChI is InChI=1S/C24H25F2N5O5S/c1-2-17(32)30-9-3-4-12(11-30)28-21(33)20-19-18-14(7-8-27-22(18)37-20)31(23(34)29-19)13-5-6-15-16(10-13)36-24(25,26)35-15/h2,5-6,10,12,14,18,22,27H,1,3-4,7-9,11H2,(H,28,33)(H,29,34)/t12-,14?,18?,22?/m1/s1. The van der Waals surface area contributed by atoms with Crippen molar-refractivity contribution in [3.8, 4) is 11.5 Å². The van der Waals surface area contributed by atoms with E-state index in [4.69, 9.17) is 0 Å². The van der Waals surface area contributed by atoms with E-state index in [0.717, 1.165) is 12.8 Å². The number of ether oxygens (including phenoxy) is 2. The third-order valence-electron chi connectivity index (χ3n) is 7.25. The summed E-state index contributed by atoms with van der Waals surface area (Å²) in [5, 5.41) is 9.21. The number of amides is 4. The van der Waals surface area contributed by atoms with Gasteiger partial charge < -0.3 is 30.3 Å². The molecule has 1 aromatic rings. The molecule has 0 radical (unpaired) electrons. The lowest BCUT2D eigenvalue weighted by atomic mass is 9.86. The molecule has 3 unspecified atom stereocenters. The van der Waals surface area contributed by atoms with Crippen molar-refractivity contribution in [1.29, 1.82) is 0 Å². The molecule has 5 aliphatic heterocycles. The quantitative estimate of drug-likeness (QED) is 0.509. The zero-order valence-corrected chi connectivity index (χ0v) is 20.5. The van der Waals surface area contributed by atoms with Crippen molar-refractivity contribution in [3.05, 3.63) is 41.5 Å². The Morgan fingerprint density at radius 1 is 1.24 bits per heavy atom. The predicted molar refractivity (Wildman–Crippen MR) is 130 cm³/mol. The third kappa shape index (κ3) is 4.19. The minimum atomic E-state index is -3.75. The van der Waals surface area contributed by atoms with Crippen LogP contribution in [0, 0.1) is 5.92 Å². The molecule has 5 aliphatic rings. The van der Waals surface area contributed by atoms with E-state index in [9.17, 15) is 23.2 Å². The predicted octanol–water partition coefficient (Wildman–Crippen LogP) is 2.09. The topological polar surface area (TPSA) is 112 Å². The molecule has 6 rings (SSSR count). The van der Waals surface area contributed by atoms with E-state index in [2.05, 4.69) is 32.0 Å². The Morgan fingerprint density at radius 3 is 2.86 bits per heavy atom. The van der Waals surface area contributed by atoms with E-state index in [1.807, 2.05) is 0 Å². The van der Waals surface area contributed by atoms with Gasteiger partial charge in [0.25, 0.3) is 5.91 Å². The summed E-state index contributed by atoms with van der Waals surface area (Å²) in [6, 6.07) is 3.34. The highest BCUT2D eigenvalue weighted by atomic mass is 32.2. The van der Waals surface area contributed by atoms with Gasteiger partial charge in [-0.3, -0.25) is 14.5 Å². The van der Waals surface area contributed by atoms with Crippen LogP contribution in [0.25, 0.3) is 0 Å². The molecular formula is C24H25F2N5O5S. The fraction of sp³-hybridized carbons (Fsp3) is 0.458. The Kier molecular flexibility index (Phi) is 5.79. The number of urea groups is 1. The summed E-state index contributed by atoms with van der Waals surface area (Å²) >= 11 is 1.37. The number of nitrogens with one attached hydrogen (secondary N) is 3. The van der Waals surface area contributed by atoms with Gasteiger partial charge in [-0.2, -0.15) is 0 Å². The van der Waals surface area contributed by atoms with Crippen LogP contribution in [-0.2, 0) is 9.59 Å². The Morgan fingerprint density at radius 2 is 2.05 bits per heavy atom. The van der Waals surface area contributed by atoms with Crippen LogP contribution in [0.2, 0.25) is 0 Å². The fourth-order valence-corrected chi connectivity index (χ4v) is 7.08. The normalized spacial score (nSPS) is 29.5. The molecule has 196 valence electrons. The number of piperidine rings is 2. The van der Waals surface area contributed by atoms with Gasteiger partial charge in [-0.15, -0.1) is 8.78 Å². The number of thioether (sulfide) groups is 1. The summed E-state index contributed by atoms with van der Waals surface area (Å²) in [6.07, 6.45) is -0.353. The Labute approximate surface area is 215 Å². The molecule has 0 saturated carbocycles. The third-order valence-corrected chi connectivity index (χ3v) is 8.61. The lowest BCUT2D eigenvalue weighted by Crippen LogP contribution is -2.62. The molecule has 0 bridgehead atoms. The average molecular weight is 534 g/mol. The number of hydrogen-bond donors (Lipinski definition) is 3. The van der Waals surface area contributed by atoms with Gasteiger partial charge in [0.1, 0.15) is 0 Å². The van der Waals surface area contributed by atoms with E-state index in [-0.39, 0.29) is 46.7 Å².